The van der Waals surface area contributed by atoms with Crippen molar-refractivity contribution in [1.29, 1.82) is 0 Å². The van der Waals surface area contributed by atoms with Crippen LogP contribution >= 0.6 is 0 Å². The van der Waals surface area contributed by atoms with Crippen LogP contribution in [0, 0.1) is 5.92 Å². The summed E-state index contributed by atoms with van der Waals surface area (Å²) in [7, 11) is 1.59. The SMILES string of the molecule is COC1=CC2=C(c3ccc(OC(=O)N4Cc5ccccc5C4)cc3)C=NC(=O)C2C=C1. The average molecular weight is 412 g/mol. The first-order valence-corrected chi connectivity index (χ1v) is 10.0. The van der Waals surface area contributed by atoms with E-state index < -0.39 is 5.92 Å². The minimum atomic E-state index is -0.409. The van der Waals surface area contributed by atoms with Crippen molar-refractivity contribution in [3.05, 3.63) is 94.8 Å². The highest BCUT2D eigenvalue weighted by Crippen LogP contribution is 2.34. The first-order chi connectivity index (χ1) is 15.1. The molecule has 2 heterocycles. The number of rotatable bonds is 3. The molecule has 1 unspecified atom stereocenters. The van der Waals surface area contributed by atoms with Gasteiger partial charge in [-0.2, -0.15) is 0 Å². The highest BCUT2D eigenvalue weighted by molar-refractivity contribution is 6.19. The zero-order valence-electron chi connectivity index (χ0n) is 16.9. The van der Waals surface area contributed by atoms with Crippen LogP contribution in [-0.4, -0.2) is 30.2 Å². The molecule has 2 aromatic carbocycles. The Hall–Kier alpha value is -3.93. The Morgan fingerprint density at radius 2 is 1.77 bits per heavy atom. The molecule has 154 valence electrons. The van der Waals surface area contributed by atoms with Crippen LogP contribution in [0.3, 0.4) is 0 Å². The van der Waals surface area contributed by atoms with E-state index in [0.29, 0.717) is 24.6 Å². The molecule has 0 spiro atoms. The van der Waals surface area contributed by atoms with Crippen molar-refractivity contribution in [2.45, 2.75) is 13.1 Å². The van der Waals surface area contributed by atoms with E-state index in [1.165, 1.54) is 0 Å². The third-order valence-electron chi connectivity index (χ3n) is 5.69. The fourth-order valence-corrected chi connectivity index (χ4v) is 4.03. The molecule has 0 aromatic heterocycles. The van der Waals surface area contributed by atoms with Gasteiger partial charge in [-0.1, -0.05) is 42.5 Å². The molecule has 6 nitrogen and oxygen atoms in total. The summed E-state index contributed by atoms with van der Waals surface area (Å²) in [6.07, 6.45) is 6.66. The second-order valence-electron chi connectivity index (χ2n) is 7.57. The van der Waals surface area contributed by atoms with Gasteiger partial charge in [-0.15, -0.1) is 0 Å². The summed E-state index contributed by atoms with van der Waals surface area (Å²) in [6, 6.07) is 15.2. The molecule has 6 heteroatoms. The van der Waals surface area contributed by atoms with Crippen LogP contribution in [0.25, 0.3) is 5.57 Å². The number of benzene rings is 2. The Morgan fingerprint density at radius 3 is 2.45 bits per heavy atom. The van der Waals surface area contributed by atoms with E-state index in [9.17, 15) is 9.59 Å². The van der Waals surface area contributed by atoms with Gasteiger partial charge in [0.05, 0.1) is 13.0 Å². The van der Waals surface area contributed by atoms with E-state index in [4.69, 9.17) is 9.47 Å². The van der Waals surface area contributed by atoms with Crippen LogP contribution in [-0.2, 0) is 22.6 Å². The monoisotopic (exact) mass is 412 g/mol. The minimum Gasteiger partial charge on any atom is -0.497 e. The molecule has 2 aromatic rings. The predicted molar refractivity (Wildman–Crippen MR) is 116 cm³/mol. The molecule has 1 atom stereocenters. The third kappa shape index (κ3) is 3.57. The Bertz CT molecular complexity index is 1160. The lowest BCUT2D eigenvalue weighted by Gasteiger charge is -2.22. The standard InChI is InChI=1S/C25H20N2O4/c1-30-20-10-11-21-22(12-20)23(13-26-24(21)28)16-6-8-19(9-7-16)31-25(29)27-14-17-4-2-3-5-18(17)15-27/h2-13,21H,14-15H2,1H3. The van der Waals surface area contributed by atoms with Gasteiger partial charge in [0, 0.05) is 24.9 Å². The van der Waals surface area contributed by atoms with E-state index in [2.05, 4.69) is 4.99 Å². The lowest BCUT2D eigenvalue weighted by Crippen LogP contribution is -2.28. The lowest BCUT2D eigenvalue weighted by atomic mass is 9.85. The van der Waals surface area contributed by atoms with Crippen molar-refractivity contribution in [2.24, 2.45) is 10.9 Å². The number of carbonyl (C=O) groups excluding carboxylic acids is 2. The van der Waals surface area contributed by atoms with Crippen molar-refractivity contribution in [3.63, 3.8) is 0 Å². The van der Waals surface area contributed by atoms with Gasteiger partial charge in [0.2, 0.25) is 0 Å². The van der Waals surface area contributed by atoms with Gasteiger partial charge in [0.15, 0.2) is 0 Å². The summed E-state index contributed by atoms with van der Waals surface area (Å²) < 4.78 is 10.9. The molecule has 0 radical (unpaired) electrons. The van der Waals surface area contributed by atoms with Crippen molar-refractivity contribution in [3.8, 4) is 5.75 Å². The number of nitrogens with zero attached hydrogens (tertiary/aromatic N) is 2. The molecule has 2 amide bonds. The Kier molecular flexibility index (Phi) is 4.75. The van der Waals surface area contributed by atoms with Gasteiger partial charge in [0.25, 0.3) is 5.91 Å². The van der Waals surface area contributed by atoms with Crippen molar-refractivity contribution in [1.82, 2.24) is 4.90 Å². The van der Waals surface area contributed by atoms with E-state index in [0.717, 1.165) is 27.8 Å². The van der Waals surface area contributed by atoms with Crippen molar-refractivity contribution < 1.29 is 19.1 Å². The fraction of sp³-hybridized carbons (Fsp3) is 0.160. The molecule has 5 rings (SSSR count). The summed E-state index contributed by atoms with van der Waals surface area (Å²) in [5.74, 6) is 0.545. The third-order valence-corrected chi connectivity index (χ3v) is 5.69. The predicted octanol–water partition coefficient (Wildman–Crippen LogP) is 4.28. The number of ether oxygens (including phenoxy) is 2. The summed E-state index contributed by atoms with van der Waals surface area (Å²) in [6.45, 7) is 1.10. The van der Waals surface area contributed by atoms with Crippen LogP contribution in [0.4, 0.5) is 4.79 Å². The maximum Gasteiger partial charge on any atom is 0.415 e. The van der Waals surface area contributed by atoms with Gasteiger partial charge < -0.3 is 9.47 Å². The number of carbonyl (C=O) groups is 2. The van der Waals surface area contributed by atoms with Crippen LogP contribution in [0.2, 0.25) is 0 Å². The van der Waals surface area contributed by atoms with Crippen LogP contribution in [0.5, 0.6) is 5.75 Å². The Labute approximate surface area is 179 Å². The summed E-state index contributed by atoms with van der Waals surface area (Å²) in [4.78, 5) is 30.4. The lowest BCUT2D eigenvalue weighted by molar-refractivity contribution is -0.119. The van der Waals surface area contributed by atoms with Gasteiger partial charge >= 0.3 is 6.09 Å². The van der Waals surface area contributed by atoms with Crippen LogP contribution < -0.4 is 4.74 Å². The van der Waals surface area contributed by atoms with E-state index in [-0.39, 0.29) is 12.0 Å². The van der Waals surface area contributed by atoms with Gasteiger partial charge in [-0.3, -0.25) is 9.69 Å². The zero-order valence-corrected chi connectivity index (χ0v) is 16.9. The first-order valence-electron chi connectivity index (χ1n) is 10.0. The molecule has 3 aliphatic rings. The van der Waals surface area contributed by atoms with Crippen LogP contribution in [0.15, 0.2) is 83.1 Å². The number of aliphatic imine (C=N–C) groups is 1. The second kappa shape index (κ2) is 7.72. The normalized spacial score (nSPS) is 19.1. The Morgan fingerprint density at radius 1 is 1.06 bits per heavy atom. The number of amides is 2. The second-order valence-corrected chi connectivity index (χ2v) is 7.57. The fourth-order valence-electron chi connectivity index (χ4n) is 4.03. The van der Waals surface area contributed by atoms with Gasteiger partial charge in [0.1, 0.15) is 11.5 Å². The number of allylic oxidation sites excluding steroid dienone is 3. The largest absolute Gasteiger partial charge is 0.497 e. The number of hydrogen-bond donors (Lipinski definition) is 0. The summed E-state index contributed by atoms with van der Waals surface area (Å²) >= 11 is 0. The molecule has 31 heavy (non-hydrogen) atoms. The summed E-state index contributed by atoms with van der Waals surface area (Å²) in [5, 5.41) is 0. The van der Waals surface area contributed by atoms with Gasteiger partial charge in [-0.25, -0.2) is 9.79 Å². The maximum atomic E-state index is 12.6. The number of hydrogen-bond acceptors (Lipinski definition) is 4. The molecule has 0 N–H and O–H groups in total. The number of fused-ring (bicyclic) bond motifs is 2. The van der Waals surface area contributed by atoms with Gasteiger partial charge in [-0.05, 0) is 46.5 Å². The molecule has 0 bridgehead atoms. The van der Waals surface area contributed by atoms with Crippen LogP contribution in [0.1, 0.15) is 16.7 Å². The van der Waals surface area contributed by atoms with E-state index >= 15 is 0 Å². The van der Waals surface area contributed by atoms with Crippen molar-refractivity contribution >= 4 is 23.8 Å². The quantitative estimate of drug-likeness (QED) is 0.755. The maximum absolute atomic E-state index is 12.6. The summed E-state index contributed by atoms with van der Waals surface area (Å²) in [5.41, 5.74) is 4.87. The molecule has 0 saturated carbocycles. The molecule has 2 aliphatic heterocycles. The number of methoxy groups -OCH3 is 1. The molecular weight excluding hydrogens is 392 g/mol. The zero-order chi connectivity index (χ0) is 21.4. The number of dihydropyridines is 1. The molecular formula is C25H20N2O4. The first kappa shape index (κ1) is 19.1. The Balaban J connectivity index is 1.34. The topological polar surface area (TPSA) is 68.2 Å². The smallest absolute Gasteiger partial charge is 0.415 e. The van der Waals surface area contributed by atoms with E-state index in [1.54, 1.807) is 42.5 Å². The average Bonchev–Trinajstić information content (AvgIpc) is 3.24. The minimum absolute atomic E-state index is 0.196. The molecule has 0 saturated heterocycles. The van der Waals surface area contributed by atoms with E-state index in [1.807, 2.05) is 42.5 Å². The molecule has 0 fully saturated rings. The highest BCUT2D eigenvalue weighted by Gasteiger charge is 2.28. The van der Waals surface area contributed by atoms with Crippen molar-refractivity contribution in [2.75, 3.05) is 7.11 Å². The highest BCUT2D eigenvalue weighted by atomic mass is 16.6. The molecule has 1 aliphatic carbocycles.